The van der Waals surface area contributed by atoms with Crippen molar-refractivity contribution in [3.05, 3.63) is 22.4 Å². The maximum absolute atomic E-state index is 11.2. The molecule has 0 aliphatic carbocycles. The predicted molar refractivity (Wildman–Crippen MR) is 60.9 cm³/mol. The van der Waals surface area contributed by atoms with Crippen LogP contribution < -0.4 is 5.32 Å². The van der Waals surface area contributed by atoms with Gasteiger partial charge in [-0.15, -0.1) is 11.3 Å². The standard InChI is InChI=1S/C11H15NO2S/c1-9(13)4-5-11(14)12-7-6-10-3-2-8-15-10/h2-3,8H,4-7H2,1H3,(H,12,14). The van der Waals surface area contributed by atoms with Crippen molar-refractivity contribution in [1.82, 2.24) is 5.32 Å². The van der Waals surface area contributed by atoms with E-state index in [0.717, 1.165) is 6.42 Å². The Balaban J connectivity index is 2.09. The van der Waals surface area contributed by atoms with Crippen LogP contribution in [-0.4, -0.2) is 18.2 Å². The van der Waals surface area contributed by atoms with Gasteiger partial charge in [0.1, 0.15) is 5.78 Å². The van der Waals surface area contributed by atoms with Crippen LogP contribution in [0.15, 0.2) is 17.5 Å². The molecule has 82 valence electrons. The Hall–Kier alpha value is -1.16. The van der Waals surface area contributed by atoms with Gasteiger partial charge in [0, 0.05) is 24.3 Å². The van der Waals surface area contributed by atoms with Crippen molar-refractivity contribution in [3.8, 4) is 0 Å². The van der Waals surface area contributed by atoms with Crippen molar-refractivity contribution in [2.45, 2.75) is 26.2 Å². The van der Waals surface area contributed by atoms with E-state index in [2.05, 4.69) is 5.32 Å². The second-order valence-corrected chi connectivity index (χ2v) is 4.41. The van der Waals surface area contributed by atoms with Crippen LogP contribution in [0.25, 0.3) is 0 Å². The van der Waals surface area contributed by atoms with E-state index in [-0.39, 0.29) is 11.7 Å². The smallest absolute Gasteiger partial charge is 0.220 e. The molecule has 1 aromatic heterocycles. The van der Waals surface area contributed by atoms with E-state index in [1.54, 1.807) is 11.3 Å². The molecule has 0 unspecified atom stereocenters. The lowest BCUT2D eigenvalue weighted by atomic mass is 10.2. The van der Waals surface area contributed by atoms with Crippen LogP contribution in [0, 0.1) is 0 Å². The fourth-order valence-corrected chi connectivity index (χ4v) is 1.87. The summed E-state index contributed by atoms with van der Waals surface area (Å²) >= 11 is 1.69. The summed E-state index contributed by atoms with van der Waals surface area (Å²) < 4.78 is 0. The summed E-state index contributed by atoms with van der Waals surface area (Å²) in [4.78, 5) is 23.1. The van der Waals surface area contributed by atoms with E-state index in [0.29, 0.717) is 19.4 Å². The van der Waals surface area contributed by atoms with Gasteiger partial charge >= 0.3 is 0 Å². The highest BCUT2D eigenvalue weighted by Gasteiger charge is 2.02. The molecule has 15 heavy (non-hydrogen) atoms. The van der Waals surface area contributed by atoms with Crippen molar-refractivity contribution < 1.29 is 9.59 Å². The van der Waals surface area contributed by atoms with Crippen molar-refractivity contribution in [3.63, 3.8) is 0 Å². The van der Waals surface area contributed by atoms with Crippen LogP contribution in [0.5, 0.6) is 0 Å². The Morgan fingerprint density at radius 2 is 2.20 bits per heavy atom. The molecule has 0 radical (unpaired) electrons. The SMILES string of the molecule is CC(=O)CCC(=O)NCCc1cccs1. The largest absolute Gasteiger partial charge is 0.356 e. The van der Waals surface area contributed by atoms with E-state index in [1.807, 2.05) is 17.5 Å². The minimum atomic E-state index is -0.0400. The number of rotatable bonds is 6. The van der Waals surface area contributed by atoms with Gasteiger partial charge in [0.25, 0.3) is 0 Å². The fraction of sp³-hybridized carbons (Fsp3) is 0.455. The molecule has 0 saturated heterocycles. The maximum Gasteiger partial charge on any atom is 0.220 e. The molecule has 3 nitrogen and oxygen atoms in total. The van der Waals surface area contributed by atoms with Crippen LogP contribution in [0.3, 0.4) is 0 Å². The van der Waals surface area contributed by atoms with E-state index >= 15 is 0 Å². The Kier molecular flexibility index (Phi) is 5.04. The van der Waals surface area contributed by atoms with Crippen LogP contribution in [0.1, 0.15) is 24.6 Å². The van der Waals surface area contributed by atoms with Crippen molar-refractivity contribution >= 4 is 23.0 Å². The Morgan fingerprint density at radius 3 is 2.80 bits per heavy atom. The Bertz CT molecular complexity index is 319. The fourth-order valence-electron chi connectivity index (χ4n) is 1.16. The van der Waals surface area contributed by atoms with Crippen molar-refractivity contribution in [2.24, 2.45) is 0 Å². The Labute approximate surface area is 93.5 Å². The van der Waals surface area contributed by atoms with Gasteiger partial charge in [-0.25, -0.2) is 0 Å². The van der Waals surface area contributed by atoms with E-state index in [1.165, 1.54) is 11.8 Å². The molecule has 4 heteroatoms. The second kappa shape index (κ2) is 6.35. The van der Waals surface area contributed by atoms with Gasteiger partial charge in [-0.1, -0.05) is 6.07 Å². The first kappa shape index (κ1) is 11.9. The van der Waals surface area contributed by atoms with Gasteiger partial charge in [0.15, 0.2) is 0 Å². The summed E-state index contributed by atoms with van der Waals surface area (Å²) in [5.74, 6) is 0.0187. The zero-order valence-corrected chi connectivity index (χ0v) is 9.60. The highest BCUT2D eigenvalue weighted by molar-refractivity contribution is 7.09. The predicted octanol–water partition coefficient (Wildman–Crippen LogP) is 1.78. The number of carbonyl (C=O) groups excluding carboxylic acids is 2. The number of carbonyl (C=O) groups is 2. The van der Waals surface area contributed by atoms with Crippen LogP contribution in [0.4, 0.5) is 0 Å². The molecule has 0 aromatic carbocycles. The second-order valence-electron chi connectivity index (χ2n) is 3.38. The van der Waals surface area contributed by atoms with Gasteiger partial charge in [-0.3, -0.25) is 4.79 Å². The van der Waals surface area contributed by atoms with Gasteiger partial charge in [-0.05, 0) is 24.8 Å². The lowest BCUT2D eigenvalue weighted by molar-refractivity contribution is -0.124. The van der Waals surface area contributed by atoms with E-state index in [4.69, 9.17) is 0 Å². The van der Waals surface area contributed by atoms with Gasteiger partial charge in [0.05, 0.1) is 0 Å². The first-order valence-corrected chi connectivity index (χ1v) is 5.85. The number of amides is 1. The minimum absolute atomic E-state index is 0.0400. The molecule has 0 spiro atoms. The van der Waals surface area contributed by atoms with Crippen LogP contribution in [-0.2, 0) is 16.0 Å². The summed E-state index contributed by atoms with van der Waals surface area (Å²) in [5, 5.41) is 4.81. The maximum atomic E-state index is 11.2. The molecule has 1 aromatic rings. The van der Waals surface area contributed by atoms with Crippen molar-refractivity contribution in [1.29, 1.82) is 0 Å². The lowest BCUT2D eigenvalue weighted by Gasteiger charge is -2.02. The van der Waals surface area contributed by atoms with E-state index < -0.39 is 0 Å². The molecule has 1 amide bonds. The third-order valence-corrected chi connectivity index (χ3v) is 2.91. The average molecular weight is 225 g/mol. The topological polar surface area (TPSA) is 46.2 Å². The van der Waals surface area contributed by atoms with Crippen LogP contribution in [0.2, 0.25) is 0 Å². The summed E-state index contributed by atoms with van der Waals surface area (Å²) in [6.45, 7) is 2.15. The Morgan fingerprint density at radius 1 is 1.40 bits per heavy atom. The molecule has 0 saturated carbocycles. The number of hydrogen-bond donors (Lipinski definition) is 1. The number of Topliss-reactive ketones (excluding diaryl/α,β-unsaturated/α-hetero) is 1. The number of nitrogens with one attached hydrogen (secondary N) is 1. The van der Waals surface area contributed by atoms with Gasteiger partial charge < -0.3 is 10.1 Å². The molecule has 1 N–H and O–H groups in total. The quantitative estimate of drug-likeness (QED) is 0.802. The summed E-state index contributed by atoms with van der Waals surface area (Å²) in [7, 11) is 0. The molecule has 0 aliphatic heterocycles. The minimum Gasteiger partial charge on any atom is -0.356 e. The first-order chi connectivity index (χ1) is 7.18. The highest BCUT2D eigenvalue weighted by Crippen LogP contribution is 2.08. The number of hydrogen-bond acceptors (Lipinski definition) is 3. The molecule has 0 fully saturated rings. The zero-order chi connectivity index (χ0) is 11.1. The van der Waals surface area contributed by atoms with Gasteiger partial charge in [-0.2, -0.15) is 0 Å². The lowest BCUT2D eigenvalue weighted by Crippen LogP contribution is -2.25. The zero-order valence-electron chi connectivity index (χ0n) is 8.79. The summed E-state index contributed by atoms with van der Waals surface area (Å²) in [6.07, 6.45) is 1.51. The van der Waals surface area contributed by atoms with Crippen LogP contribution >= 0.6 is 11.3 Å². The third kappa shape index (κ3) is 5.32. The summed E-state index contributed by atoms with van der Waals surface area (Å²) in [6, 6.07) is 4.05. The molecular formula is C11H15NO2S. The van der Waals surface area contributed by atoms with Gasteiger partial charge in [0.2, 0.25) is 5.91 Å². The monoisotopic (exact) mass is 225 g/mol. The third-order valence-electron chi connectivity index (χ3n) is 1.98. The first-order valence-electron chi connectivity index (χ1n) is 4.97. The number of ketones is 1. The normalized spacial score (nSPS) is 9.93. The molecule has 0 bridgehead atoms. The summed E-state index contributed by atoms with van der Waals surface area (Å²) in [5.41, 5.74) is 0. The molecule has 0 aliphatic rings. The van der Waals surface area contributed by atoms with E-state index in [9.17, 15) is 9.59 Å². The molecule has 0 atom stereocenters. The molecule has 1 heterocycles. The molecule has 1 rings (SSSR count). The average Bonchev–Trinajstić information content (AvgIpc) is 2.67. The highest BCUT2D eigenvalue weighted by atomic mass is 32.1. The molecular weight excluding hydrogens is 210 g/mol. The number of thiophene rings is 1. The van der Waals surface area contributed by atoms with Crippen molar-refractivity contribution in [2.75, 3.05) is 6.54 Å².